The normalized spacial score (nSPS) is 15.8. The zero-order valence-corrected chi connectivity index (χ0v) is 16.3. The molecule has 1 aliphatic carbocycles. The lowest BCUT2D eigenvalue weighted by molar-refractivity contribution is -0.122. The van der Waals surface area contributed by atoms with Crippen molar-refractivity contribution in [1.82, 2.24) is 20.9 Å². The molecule has 25 heavy (non-hydrogen) atoms. The molecule has 0 aromatic carbocycles. The average molecular weight is 366 g/mol. The fourth-order valence-corrected chi connectivity index (χ4v) is 3.92. The summed E-state index contributed by atoms with van der Waals surface area (Å²) in [5.41, 5.74) is 0. The Kier molecular flexibility index (Phi) is 8.72. The largest absolute Gasteiger partial charge is 0.356 e. The number of aliphatic imine (C=N–C) groups is 1. The maximum absolute atomic E-state index is 12.0. The van der Waals surface area contributed by atoms with E-state index in [1.807, 2.05) is 6.20 Å². The van der Waals surface area contributed by atoms with Crippen molar-refractivity contribution in [2.75, 3.05) is 26.7 Å². The van der Waals surface area contributed by atoms with Gasteiger partial charge in [-0.2, -0.15) is 0 Å². The van der Waals surface area contributed by atoms with Crippen LogP contribution in [-0.2, 0) is 11.2 Å². The molecule has 0 bridgehead atoms. The molecule has 0 unspecified atom stereocenters. The van der Waals surface area contributed by atoms with E-state index >= 15 is 0 Å². The first-order valence-corrected chi connectivity index (χ1v) is 10.1. The van der Waals surface area contributed by atoms with Crippen LogP contribution in [0.1, 0.15) is 48.4 Å². The number of rotatable bonds is 8. The number of aryl methyl sites for hydroxylation is 1. The molecular weight excluding hydrogens is 334 g/mol. The van der Waals surface area contributed by atoms with Gasteiger partial charge in [-0.05, 0) is 25.7 Å². The minimum absolute atomic E-state index is 0.177. The van der Waals surface area contributed by atoms with Crippen molar-refractivity contribution in [2.24, 2.45) is 10.9 Å². The van der Waals surface area contributed by atoms with Gasteiger partial charge in [0.05, 0.1) is 5.01 Å². The smallest absolute Gasteiger partial charge is 0.220 e. The van der Waals surface area contributed by atoms with Crippen LogP contribution in [0.15, 0.2) is 11.2 Å². The van der Waals surface area contributed by atoms with Gasteiger partial charge in [-0.25, -0.2) is 4.98 Å². The lowest BCUT2D eigenvalue weighted by Crippen LogP contribution is -2.42. The van der Waals surface area contributed by atoms with Gasteiger partial charge in [0.15, 0.2) is 5.96 Å². The van der Waals surface area contributed by atoms with Gasteiger partial charge in [0.1, 0.15) is 0 Å². The van der Waals surface area contributed by atoms with Crippen molar-refractivity contribution in [2.45, 2.75) is 51.9 Å². The first kappa shape index (κ1) is 19.7. The predicted molar refractivity (Wildman–Crippen MR) is 104 cm³/mol. The summed E-state index contributed by atoms with van der Waals surface area (Å²) in [6.45, 7) is 4.16. The molecule has 0 saturated heterocycles. The molecule has 0 radical (unpaired) electrons. The van der Waals surface area contributed by atoms with Crippen LogP contribution in [0.4, 0.5) is 0 Å². The van der Waals surface area contributed by atoms with Crippen LogP contribution in [0.2, 0.25) is 0 Å². The SMILES string of the molecule is CN=C(NCCNC(=O)CC1CCCCC1)NCCc1ncc(C)s1. The molecule has 2 rings (SSSR count). The van der Waals surface area contributed by atoms with Crippen molar-refractivity contribution in [1.29, 1.82) is 0 Å². The van der Waals surface area contributed by atoms with Gasteiger partial charge in [-0.3, -0.25) is 9.79 Å². The maximum Gasteiger partial charge on any atom is 0.220 e. The second-order valence-electron chi connectivity index (χ2n) is 6.60. The van der Waals surface area contributed by atoms with Crippen LogP contribution in [0.3, 0.4) is 0 Å². The third-order valence-corrected chi connectivity index (χ3v) is 5.44. The molecule has 0 atom stereocenters. The van der Waals surface area contributed by atoms with Crippen molar-refractivity contribution in [3.05, 3.63) is 16.1 Å². The minimum Gasteiger partial charge on any atom is -0.356 e. The lowest BCUT2D eigenvalue weighted by Gasteiger charge is -2.20. The Morgan fingerprint density at radius 2 is 1.92 bits per heavy atom. The first-order chi connectivity index (χ1) is 12.2. The molecule has 7 heteroatoms. The van der Waals surface area contributed by atoms with E-state index in [2.05, 4.69) is 32.9 Å². The number of carbonyl (C=O) groups is 1. The molecule has 140 valence electrons. The van der Waals surface area contributed by atoms with E-state index in [1.165, 1.54) is 37.0 Å². The number of nitrogens with zero attached hydrogens (tertiary/aromatic N) is 2. The zero-order valence-electron chi connectivity index (χ0n) is 15.4. The molecular formula is C18H31N5OS. The minimum atomic E-state index is 0.177. The summed E-state index contributed by atoms with van der Waals surface area (Å²) in [7, 11) is 1.75. The molecule has 0 aliphatic heterocycles. The van der Waals surface area contributed by atoms with E-state index in [1.54, 1.807) is 18.4 Å². The first-order valence-electron chi connectivity index (χ1n) is 9.30. The number of aromatic nitrogens is 1. The number of guanidine groups is 1. The number of thiazole rings is 1. The molecule has 1 heterocycles. The zero-order chi connectivity index (χ0) is 17.9. The van der Waals surface area contributed by atoms with Crippen LogP contribution >= 0.6 is 11.3 Å². The molecule has 1 fully saturated rings. The Morgan fingerprint density at radius 1 is 1.20 bits per heavy atom. The highest BCUT2D eigenvalue weighted by Gasteiger charge is 2.16. The maximum atomic E-state index is 12.0. The molecule has 3 N–H and O–H groups in total. The number of carbonyl (C=O) groups excluding carboxylic acids is 1. The van der Waals surface area contributed by atoms with E-state index in [4.69, 9.17) is 0 Å². The van der Waals surface area contributed by atoms with Gasteiger partial charge >= 0.3 is 0 Å². The standard InChI is InChI=1S/C18H31N5OS/c1-14-13-23-17(25-14)8-9-21-18(19-2)22-11-10-20-16(24)12-15-6-4-3-5-7-15/h13,15H,3-12H2,1-2H3,(H,20,24)(H2,19,21,22). The van der Waals surface area contributed by atoms with Gasteiger partial charge in [0.25, 0.3) is 0 Å². The third kappa shape index (κ3) is 7.86. The molecule has 1 amide bonds. The van der Waals surface area contributed by atoms with Crippen molar-refractivity contribution >= 4 is 23.2 Å². The molecule has 6 nitrogen and oxygen atoms in total. The van der Waals surface area contributed by atoms with Gasteiger partial charge in [0.2, 0.25) is 5.91 Å². The molecule has 1 aliphatic rings. The summed E-state index contributed by atoms with van der Waals surface area (Å²) in [6.07, 6.45) is 9.78. The van der Waals surface area contributed by atoms with Crippen molar-refractivity contribution in [3.8, 4) is 0 Å². The summed E-state index contributed by atoms with van der Waals surface area (Å²) in [5.74, 6) is 1.52. The summed E-state index contributed by atoms with van der Waals surface area (Å²) in [6, 6.07) is 0. The number of hydrogen-bond acceptors (Lipinski definition) is 4. The summed E-state index contributed by atoms with van der Waals surface area (Å²) in [4.78, 5) is 21.8. The molecule has 1 saturated carbocycles. The monoisotopic (exact) mass is 365 g/mol. The molecule has 1 aromatic rings. The van der Waals surface area contributed by atoms with Crippen molar-refractivity contribution in [3.63, 3.8) is 0 Å². The Labute approximate surface area is 154 Å². The third-order valence-electron chi connectivity index (χ3n) is 4.46. The quantitative estimate of drug-likeness (QED) is 0.375. The molecule has 1 aromatic heterocycles. The van der Waals surface area contributed by atoms with E-state index in [-0.39, 0.29) is 5.91 Å². The second kappa shape index (κ2) is 11.1. The lowest BCUT2D eigenvalue weighted by atomic mass is 9.87. The fourth-order valence-electron chi connectivity index (χ4n) is 3.13. The van der Waals surface area contributed by atoms with E-state index in [0.717, 1.165) is 23.9 Å². The van der Waals surface area contributed by atoms with Gasteiger partial charge in [-0.15, -0.1) is 11.3 Å². The number of amides is 1. The van der Waals surface area contributed by atoms with Gasteiger partial charge < -0.3 is 16.0 Å². The predicted octanol–water partition coefficient (Wildman–Crippen LogP) is 2.25. The summed E-state index contributed by atoms with van der Waals surface area (Å²) in [5, 5.41) is 10.6. The number of nitrogens with one attached hydrogen (secondary N) is 3. The average Bonchev–Trinajstić information content (AvgIpc) is 3.03. The van der Waals surface area contributed by atoms with Gasteiger partial charge in [0, 0.05) is 50.6 Å². The topological polar surface area (TPSA) is 78.4 Å². The summed E-state index contributed by atoms with van der Waals surface area (Å²) >= 11 is 1.73. The Morgan fingerprint density at radius 3 is 2.60 bits per heavy atom. The Balaban J connectivity index is 1.53. The fraction of sp³-hybridized carbons (Fsp3) is 0.722. The van der Waals surface area contributed by atoms with Crippen molar-refractivity contribution < 1.29 is 4.79 Å². The number of hydrogen-bond donors (Lipinski definition) is 3. The van der Waals surface area contributed by atoms with E-state index in [9.17, 15) is 4.79 Å². The van der Waals surface area contributed by atoms with E-state index < -0.39 is 0 Å². The Hall–Kier alpha value is -1.63. The van der Waals surface area contributed by atoms with Crippen LogP contribution in [0.25, 0.3) is 0 Å². The second-order valence-corrected chi connectivity index (χ2v) is 7.92. The summed E-state index contributed by atoms with van der Waals surface area (Å²) < 4.78 is 0. The van der Waals surface area contributed by atoms with E-state index in [0.29, 0.717) is 25.4 Å². The Bertz CT molecular complexity index is 551. The van der Waals surface area contributed by atoms with Crippen LogP contribution in [-0.4, -0.2) is 43.5 Å². The highest BCUT2D eigenvalue weighted by atomic mass is 32.1. The van der Waals surface area contributed by atoms with Gasteiger partial charge in [-0.1, -0.05) is 19.3 Å². The highest BCUT2D eigenvalue weighted by molar-refractivity contribution is 7.11. The molecule has 0 spiro atoms. The van der Waals surface area contributed by atoms with Crippen LogP contribution < -0.4 is 16.0 Å². The van der Waals surface area contributed by atoms with Crippen LogP contribution in [0, 0.1) is 12.8 Å². The highest BCUT2D eigenvalue weighted by Crippen LogP contribution is 2.25. The van der Waals surface area contributed by atoms with Crippen LogP contribution in [0.5, 0.6) is 0 Å².